The minimum atomic E-state index is -5.23. The third-order valence-corrected chi connectivity index (χ3v) is 6.33. The summed E-state index contributed by atoms with van der Waals surface area (Å²) in [7, 11) is 1.50. The van der Waals surface area contributed by atoms with Crippen molar-refractivity contribution in [2.45, 2.75) is 57.6 Å². The highest BCUT2D eigenvalue weighted by atomic mass is 19.4. The summed E-state index contributed by atoms with van der Waals surface area (Å²) in [5.41, 5.74) is -0.519. The Balaban J connectivity index is 1.80. The molecule has 1 unspecified atom stereocenters. The van der Waals surface area contributed by atoms with Crippen molar-refractivity contribution in [3.63, 3.8) is 0 Å². The van der Waals surface area contributed by atoms with Crippen LogP contribution in [0, 0.1) is 11.8 Å². The molecule has 10 nitrogen and oxygen atoms in total. The predicted octanol–water partition coefficient (Wildman–Crippen LogP) is 1.35. The zero-order valence-electron chi connectivity index (χ0n) is 19.7. The Kier molecular flexibility index (Phi) is 7.42. The van der Waals surface area contributed by atoms with Crippen LogP contribution in [0.5, 0.6) is 6.01 Å². The van der Waals surface area contributed by atoms with E-state index < -0.39 is 24.0 Å². The Morgan fingerprint density at radius 1 is 1.20 bits per heavy atom. The van der Waals surface area contributed by atoms with Crippen LogP contribution < -0.4 is 25.6 Å². The van der Waals surface area contributed by atoms with E-state index in [1.54, 1.807) is 6.92 Å². The molecule has 4 rings (SSSR count). The predicted molar refractivity (Wildman–Crippen MR) is 121 cm³/mol. The molecular formula is C22H29F3N6O4. The van der Waals surface area contributed by atoms with Crippen LogP contribution in [-0.4, -0.2) is 71.7 Å². The van der Waals surface area contributed by atoms with Gasteiger partial charge in [-0.05, 0) is 32.6 Å². The minimum absolute atomic E-state index is 0.00440. The van der Waals surface area contributed by atoms with Gasteiger partial charge in [-0.25, -0.2) is 4.79 Å². The fourth-order valence-corrected chi connectivity index (χ4v) is 4.57. The number of piperazine rings is 1. The maximum absolute atomic E-state index is 13.5. The van der Waals surface area contributed by atoms with Crippen molar-refractivity contribution in [1.29, 1.82) is 0 Å². The number of hydroxylamine groups is 1. The van der Waals surface area contributed by atoms with Gasteiger partial charge in [0.25, 0.3) is 5.56 Å². The molecule has 3 heterocycles. The fraction of sp³-hybridized carbons (Fsp3) is 0.682. The second-order valence-electron chi connectivity index (χ2n) is 8.70. The summed E-state index contributed by atoms with van der Waals surface area (Å²) in [6, 6.07) is -0.0313. The van der Waals surface area contributed by atoms with Crippen molar-refractivity contribution < 1.29 is 27.5 Å². The van der Waals surface area contributed by atoms with Gasteiger partial charge in [0, 0.05) is 33.2 Å². The lowest BCUT2D eigenvalue weighted by molar-refractivity contribution is -0.203. The quantitative estimate of drug-likeness (QED) is 0.604. The van der Waals surface area contributed by atoms with Gasteiger partial charge in [-0.15, -0.1) is 11.0 Å². The van der Waals surface area contributed by atoms with Gasteiger partial charge in [-0.3, -0.25) is 14.3 Å². The number of anilines is 2. The Hall–Kier alpha value is -2.98. The molecule has 0 radical (unpaired) electrons. The van der Waals surface area contributed by atoms with E-state index in [1.165, 1.54) is 16.5 Å². The summed E-state index contributed by atoms with van der Waals surface area (Å²) < 4.78 is 46.9. The van der Waals surface area contributed by atoms with Crippen molar-refractivity contribution in [3.8, 4) is 17.9 Å². The van der Waals surface area contributed by atoms with Crippen LogP contribution >= 0.6 is 0 Å². The molecule has 1 N–H and O–H groups in total. The van der Waals surface area contributed by atoms with E-state index >= 15 is 0 Å². The molecule has 0 aromatic carbocycles. The molecule has 0 amide bonds. The van der Waals surface area contributed by atoms with E-state index in [9.17, 15) is 22.8 Å². The molecule has 1 atom stereocenters. The van der Waals surface area contributed by atoms with Crippen molar-refractivity contribution in [1.82, 2.24) is 19.8 Å². The first-order chi connectivity index (χ1) is 16.7. The number of carbonyl (C=O) groups is 1. The van der Waals surface area contributed by atoms with Gasteiger partial charge in [0.2, 0.25) is 5.82 Å². The molecule has 2 fully saturated rings. The number of nitrogens with zero attached hydrogens (tertiary/aromatic N) is 5. The van der Waals surface area contributed by atoms with Crippen LogP contribution in [0.3, 0.4) is 0 Å². The fourth-order valence-electron chi connectivity index (χ4n) is 4.57. The molecule has 1 saturated carbocycles. The lowest BCUT2D eigenvalue weighted by Gasteiger charge is -2.40. The highest BCUT2D eigenvalue weighted by Crippen LogP contribution is 2.39. The van der Waals surface area contributed by atoms with Crippen molar-refractivity contribution in [2.75, 3.05) is 42.7 Å². The molecule has 3 aliphatic rings. The second-order valence-corrected chi connectivity index (χ2v) is 8.70. The van der Waals surface area contributed by atoms with Gasteiger partial charge < -0.3 is 19.8 Å². The molecule has 35 heavy (non-hydrogen) atoms. The van der Waals surface area contributed by atoms with Gasteiger partial charge in [0.15, 0.2) is 12.0 Å². The van der Waals surface area contributed by atoms with Gasteiger partial charge in [-0.2, -0.15) is 18.2 Å². The molecule has 13 heteroatoms. The van der Waals surface area contributed by atoms with Crippen LogP contribution in [0.1, 0.15) is 39.0 Å². The molecular weight excluding hydrogens is 469 g/mol. The summed E-state index contributed by atoms with van der Waals surface area (Å²) >= 11 is 0. The highest BCUT2D eigenvalue weighted by Gasteiger charge is 2.50. The minimum Gasteiger partial charge on any atom is -0.461 e. The molecule has 1 aromatic rings. The maximum Gasteiger partial charge on any atom is 0.493 e. The first kappa shape index (κ1) is 25.1. The van der Waals surface area contributed by atoms with Gasteiger partial charge >= 0.3 is 18.2 Å². The lowest BCUT2D eigenvalue weighted by atomic mass is 9.98. The molecule has 0 bridgehead atoms. The van der Waals surface area contributed by atoms with Gasteiger partial charge in [0.05, 0.1) is 6.54 Å². The third kappa shape index (κ3) is 5.18. The summed E-state index contributed by atoms with van der Waals surface area (Å²) in [4.78, 5) is 38.0. The Morgan fingerprint density at radius 2 is 1.89 bits per heavy atom. The third-order valence-electron chi connectivity index (χ3n) is 6.33. The largest absolute Gasteiger partial charge is 0.493 e. The number of fused-ring (bicyclic) bond motifs is 1. The number of nitrogens with one attached hydrogen (secondary N) is 1. The monoisotopic (exact) mass is 498 g/mol. The molecule has 1 aromatic heterocycles. The molecule has 1 aliphatic carbocycles. The summed E-state index contributed by atoms with van der Waals surface area (Å²) in [5, 5.41) is 3.96. The first-order valence-electron chi connectivity index (χ1n) is 11.7. The van der Waals surface area contributed by atoms with Crippen molar-refractivity contribution >= 4 is 17.5 Å². The second kappa shape index (κ2) is 10.3. The smallest absolute Gasteiger partial charge is 0.461 e. The topological polar surface area (TPSA) is 92.2 Å². The van der Waals surface area contributed by atoms with E-state index in [0.29, 0.717) is 26.2 Å². The zero-order valence-corrected chi connectivity index (χ0v) is 19.7. The summed E-state index contributed by atoms with van der Waals surface area (Å²) in [6.07, 6.45) is -1.77. The lowest BCUT2D eigenvalue weighted by Crippen LogP contribution is -2.61. The van der Waals surface area contributed by atoms with Crippen LogP contribution in [0.15, 0.2) is 4.79 Å². The molecule has 2 aliphatic heterocycles. The first-order valence-corrected chi connectivity index (χ1v) is 11.7. The van der Waals surface area contributed by atoms with Crippen molar-refractivity contribution in [2.24, 2.45) is 7.05 Å². The van der Waals surface area contributed by atoms with Crippen molar-refractivity contribution in [3.05, 3.63) is 10.4 Å². The van der Waals surface area contributed by atoms with Gasteiger partial charge in [-0.1, -0.05) is 12.3 Å². The number of hydrogen-bond acceptors (Lipinski definition) is 9. The van der Waals surface area contributed by atoms with E-state index in [4.69, 9.17) is 9.57 Å². The number of hydrogen-bond donors (Lipinski definition) is 1. The number of alkyl halides is 3. The van der Waals surface area contributed by atoms with Gasteiger partial charge in [0.1, 0.15) is 6.10 Å². The number of rotatable bonds is 5. The van der Waals surface area contributed by atoms with Crippen LogP contribution in [0.25, 0.3) is 0 Å². The Morgan fingerprint density at radius 3 is 2.51 bits per heavy atom. The number of aromatic nitrogens is 2. The van der Waals surface area contributed by atoms with E-state index in [2.05, 4.69) is 22.1 Å². The number of halogens is 3. The van der Waals surface area contributed by atoms with Crippen LogP contribution in [-0.2, 0) is 16.7 Å². The number of carbonyl (C=O) groups excluding carboxylic acids is 1. The molecule has 192 valence electrons. The summed E-state index contributed by atoms with van der Waals surface area (Å²) in [6.45, 7) is 3.68. The standard InChI is InChI=1S/C22H29F3N6O4/c1-3-4-12-30-16-17(27-20(28(2)18(16)32)34-15-8-6-5-7-9-15)31(35-19(33)22(23,24)25)21(30)29-13-10-26-11-14-29/h15,21,26H,5-14H2,1-2H3. The van der Waals surface area contributed by atoms with E-state index in [-0.39, 0.29) is 30.2 Å². The summed E-state index contributed by atoms with van der Waals surface area (Å²) in [5.74, 6) is 3.02. The Bertz CT molecular complexity index is 1050. The Labute approximate surface area is 200 Å². The molecule has 0 spiro atoms. The average molecular weight is 499 g/mol. The normalized spacial score (nSPS) is 21.3. The molecule has 1 saturated heterocycles. The van der Waals surface area contributed by atoms with Crippen LogP contribution in [0.4, 0.5) is 24.7 Å². The SMILES string of the molecule is CC#CCN1c2c(nc(OC3CCCCC3)n(C)c2=O)N(OC(=O)C(F)(F)F)C1N1CCNCC1. The zero-order chi connectivity index (χ0) is 25.2. The van der Waals surface area contributed by atoms with E-state index in [1.807, 2.05) is 4.90 Å². The van der Waals surface area contributed by atoms with E-state index in [0.717, 1.165) is 37.2 Å². The number of ether oxygens (including phenoxy) is 1. The maximum atomic E-state index is 13.5. The highest BCUT2D eigenvalue weighted by molar-refractivity contribution is 5.80. The average Bonchev–Trinajstić information content (AvgIpc) is 3.14. The van der Waals surface area contributed by atoms with Crippen LogP contribution in [0.2, 0.25) is 0 Å².